The summed E-state index contributed by atoms with van der Waals surface area (Å²) in [5, 5.41) is 6.44. The zero-order valence-corrected chi connectivity index (χ0v) is 2.99. The Balaban J connectivity index is 2.85. The van der Waals surface area contributed by atoms with Crippen molar-refractivity contribution in [2.75, 3.05) is 0 Å². The number of hydrogen-bond acceptors (Lipinski definition) is 2. The molecule has 30 valence electrons. The molecule has 0 spiro atoms. The van der Waals surface area contributed by atoms with Crippen molar-refractivity contribution in [3.63, 3.8) is 0 Å². The molecule has 2 N–H and O–H groups in total. The molecule has 0 aliphatic rings. The van der Waals surface area contributed by atoms with Gasteiger partial charge in [-0.25, -0.2) is 5.48 Å². The average molecular weight is 95.5 g/mol. The predicted molar refractivity (Wildman–Crippen MR) is 16.2 cm³/mol. The molecule has 0 rings (SSSR count). The highest BCUT2D eigenvalue weighted by Gasteiger charge is 1.79. The second-order valence-electron chi connectivity index (χ2n) is 0.386. The lowest BCUT2D eigenvalue weighted by Crippen LogP contribution is -2.07. The van der Waals surface area contributed by atoms with Gasteiger partial charge in [0.2, 0.25) is 0 Å². The Kier molecular flexibility index (Phi) is 1.88. The van der Waals surface area contributed by atoms with Crippen molar-refractivity contribution in [1.82, 2.24) is 5.48 Å². The Morgan fingerprint density at radius 1 is 2.00 bits per heavy atom. The molecule has 0 aliphatic heterocycles. The minimum absolute atomic E-state index is 0.968. The molecule has 0 unspecified atom stereocenters. The van der Waals surface area contributed by atoms with Crippen LogP contribution in [0.2, 0.25) is 0 Å². The van der Waals surface area contributed by atoms with Crippen LogP contribution in [0.1, 0.15) is 0 Å². The van der Waals surface area contributed by atoms with Crippen molar-refractivity contribution >= 4 is 17.0 Å². The molecule has 0 aromatic rings. The van der Waals surface area contributed by atoms with E-state index in [2.05, 4.69) is 11.6 Å². The average Bonchev–Trinajstić information content (AvgIpc) is 1.38. The maximum Gasteiger partial charge on any atom is 0.337 e. The summed E-state index contributed by atoms with van der Waals surface area (Å²) in [5.41, 5.74) is 1.15. The van der Waals surface area contributed by atoms with Crippen molar-refractivity contribution in [2.45, 2.75) is 0 Å². The fourth-order valence-electron chi connectivity index (χ4n) is 0. The lowest BCUT2D eigenvalue weighted by atomic mass is 11.4. The maximum absolute atomic E-state index is 9.22. The van der Waals surface area contributed by atoms with Crippen LogP contribution in [0.4, 0.5) is 4.79 Å². The smallest absolute Gasteiger partial charge is 0.288 e. The van der Waals surface area contributed by atoms with E-state index < -0.39 is 5.37 Å². The number of carbonyl (C=O) groups excluding carboxylic acids is 1. The quantitative estimate of drug-likeness (QED) is 0.197. The first-order valence-electron chi connectivity index (χ1n) is 0.867. The van der Waals surface area contributed by atoms with E-state index in [1.807, 2.05) is 0 Å². The minimum atomic E-state index is -0.968. The van der Waals surface area contributed by atoms with Gasteiger partial charge in [0.1, 0.15) is 0 Å². The van der Waals surface area contributed by atoms with Crippen LogP contribution in [0.5, 0.6) is 0 Å². The molecular formula is CH2ClNO2. The van der Waals surface area contributed by atoms with Gasteiger partial charge < -0.3 is 0 Å². The Hall–Kier alpha value is -0.280. The van der Waals surface area contributed by atoms with Gasteiger partial charge in [-0.3, -0.25) is 10.0 Å². The van der Waals surface area contributed by atoms with Gasteiger partial charge in [-0.15, -0.1) is 0 Å². The van der Waals surface area contributed by atoms with Crippen molar-refractivity contribution in [2.24, 2.45) is 0 Å². The number of hydrogen-bond donors (Lipinski definition) is 2. The maximum atomic E-state index is 9.22. The Morgan fingerprint density at radius 3 is 2.20 bits per heavy atom. The SMILES string of the molecule is O=C(Cl)NO. The predicted octanol–water partition coefficient (Wildman–Crippen LogP) is 0.324. The van der Waals surface area contributed by atoms with E-state index in [0.29, 0.717) is 0 Å². The molecule has 4 heteroatoms. The topological polar surface area (TPSA) is 49.3 Å². The molecule has 0 atom stereocenters. The van der Waals surface area contributed by atoms with Crippen LogP contribution in [0.3, 0.4) is 0 Å². The van der Waals surface area contributed by atoms with Crippen molar-refractivity contribution < 1.29 is 10.0 Å². The van der Waals surface area contributed by atoms with Crippen molar-refractivity contribution in [1.29, 1.82) is 0 Å². The van der Waals surface area contributed by atoms with Crippen LogP contribution in [0.15, 0.2) is 0 Å². The van der Waals surface area contributed by atoms with E-state index in [0.717, 1.165) is 5.48 Å². The van der Waals surface area contributed by atoms with Crippen LogP contribution in [-0.2, 0) is 0 Å². The third-order valence-corrected chi connectivity index (χ3v) is 0.172. The van der Waals surface area contributed by atoms with Gasteiger partial charge in [0, 0.05) is 0 Å². The van der Waals surface area contributed by atoms with Gasteiger partial charge in [0.05, 0.1) is 0 Å². The van der Waals surface area contributed by atoms with Gasteiger partial charge in [-0.1, -0.05) is 0 Å². The molecule has 3 nitrogen and oxygen atoms in total. The van der Waals surface area contributed by atoms with Crippen LogP contribution < -0.4 is 5.48 Å². The molecule has 1 amide bonds. The van der Waals surface area contributed by atoms with Gasteiger partial charge in [0.15, 0.2) is 0 Å². The highest BCUT2D eigenvalue weighted by atomic mass is 35.5. The Labute approximate surface area is 33.5 Å². The molecule has 0 saturated carbocycles. The summed E-state index contributed by atoms with van der Waals surface area (Å²) in [6.07, 6.45) is 0. The van der Waals surface area contributed by atoms with Crippen LogP contribution in [0, 0.1) is 0 Å². The van der Waals surface area contributed by atoms with E-state index in [9.17, 15) is 4.79 Å². The molecule has 0 saturated heterocycles. The fraction of sp³-hybridized carbons (Fsp3) is 0. The second-order valence-corrected chi connectivity index (χ2v) is 0.729. The molecule has 0 heterocycles. The molecule has 0 aromatic carbocycles. The summed E-state index contributed by atoms with van der Waals surface area (Å²) in [4.78, 5) is 9.22. The van der Waals surface area contributed by atoms with Gasteiger partial charge in [-0.05, 0) is 11.6 Å². The molecule has 0 radical (unpaired) electrons. The first-order valence-corrected chi connectivity index (χ1v) is 1.24. The first kappa shape index (κ1) is 4.72. The van der Waals surface area contributed by atoms with Crippen molar-refractivity contribution in [3.8, 4) is 0 Å². The van der Waals surface area contributed by atoms with Crippen LogP contribution >= 0.6 is 11.6 Å². The summed E-state index contributed by atoms with van der Waals surface area (Å²) >= 11 is 4.46. The number of carbonyl (C=O) groups is 1. The summed E-state index contributed by atoms with van der Waals surface area (Å²) in [5.74, 6) is 0. The Morgan fingerprint density at radius 2 is 2.20 bits per heavy atom. The molecule has 5 heavy (non-hydrogen) atoms. The van der Waals surface area contributed by atoms with E-state index in [1.54, 1.807) is 0 Å². The monoisotopic (exact) mass is 95.0 g/mol. The summed E-state index contributed by atoms with van der Waals surface area (Å²) in [6, 6.07) is 0. The normalized spacial score (nSPS) is 6.80. The number of rotatable bonds is 0. The lowest BCUT2D eigenvalue weighted by molar-refractivity contribution is 0.179. The summed E-state index contributed by atoms with van der Waals surface area (Å²) < 4.78 is 0. The van der Waals surface area contributed by atoms with Gasteiger partial charge in [0.25, 0.3) is 0 Å². The second kappa shape index (κ2) is 1.99. The molecule has 0 fully saturated rings. The van der Waals surface area contributed by atoms with Gasteiger partial charge in [-0.2, -0.15) is 0 Å². The highest BCUT2D eigenvalue weighted by Crippen LogP contribution is 1.68. The van der Waals surface area contributed by atoms with E-state index in [4.69, 9.17) is 5.21 Å². The Bertz CT molecular complexity index is 44.9. The number of halogens is 1. The van der Waals surface area contributed by atoms with Crippen LogP contribution in [-0.4, -0.2) is 10.6 Å². The minimum Gasteiger partial charge on any atom is -0.288 e. The van der Waals surface area contributed by atoms with E-state index in [1.165, 1.54) is 0 Å². The zero-order valence-electron chi connectivity index (χ0n) is 2.23. The highest BCUT2D eigenvalue weighted by molar-refractivity contribution is 6.62. The molecular weight excluding hydrogens is 93.5 g/mol. The molecule has 0 bridgehead atoms. The number of nitrogens with one attached hydrogen (secondary N) is 1. The summed E-state index contributed by atoms with van der Waals surface area (Å²) in [7, 11) is 0. The standard InChI is InChI=1S/CH2ClNO2/c2-1(4)3-5/h5H,(H,3,4). The van der Waals surface area contributed by atoms with Crippen molar-refractivity contribution in [3.05, 3.63) is 0 Å². The number of hydroxylamine groups is 1. The third kappa shape index (κ3) is 3.72. The van der Waals surface area contributed by atoms with Gasteiger partial charge >= 0.3 is 5.37 Å². The largest absolute Gasteiger partial charge is 0.337 e. The fourth-order valence-corrected chi connectivity index (χ4v) is 0. The lowest BCUT2D eigenvalue weighted by Gasteiger charge is -1.75. The van der Waals surface area contributed by atoms with Crippen LogP contribution in [0.25, 0.3) is 0 Å². The van der Waals surface area contributed by atoms with E-state index in [-0.39, 0.29) is 0 Å². The number of amides is 1. The zero-order chi connectivity index (χ0) is 4.28. The third-order valence-electron chi connectivity index (χ3n) is 0.0879. The first-order chi connectivity index (χ1) is 2.27. The molecule has 0 aromatic heterocycles. The summed E-state index contributed by atoms with van der Waals surface area (Å²) in [6.45, 7) is 0. The molecule has 0 aliphatic carbocycles. The van der Waals surface area contributed by atoms with E-state index >= 15 is 0 Å².